The predicted octanol–water partition coefficient (Wildman–Crippen LogP) is 3.38. The molecule has 2 nitrogen and oxygen atoms in total. The molecule has 0 spiro atoms. The third-order valence-corrected chi connectivity index (χ3v) is 4.08. The molecular formula is C19H24N2. The molecule has 0 unspecified atom stereocenters. The Morgan fingerprint density at radius 1 is 0.714 bits per heavy atom. The molecule has 0 aromatic heterocycles. The van der Waals surface area contributed by atoms with Crippen LogP contribution in [-0.4, -0.2) is 38.0 Å². The fourth-order valence-electron chi connectivity index (χ4n) is 3.39. The van der Waals surface area contributed by atoms with Crippen molar-refractivity contribution in [1.82, 2.24) is 9.80 Å². The van der Waals surface area contributed by atoms with Gasteiger partial charge in [-0.3, -0.25) is 0 Å². The molecule has 0 amide bonds. The minimum Gasteiger partial charge on any atom is -0.305 e. The Bertz CT molecular complexity index is 599. The van der Waals surface area contributed by atoms with Crippen LogP contribution >= 0.6 is 0 Å². The highest BCUT2D eigenvalue weighted by Gasteiger charge is 2.23. The molecule has 110 valence electrons. The smallest absolute Gasteiger partial charge is 0.0233 e. The van der Waals surface area contributed by atoms with E-state index in [0.717, 1.165) is 19.5 Å². The van der Waals surface area contributed by atoms with E-state index in [-0.39, 0.29) is 0 Å². The maximum atomic E-state index is 2.29. The molecule has 0 fully saturated rings. The van der Waals surface area contributed by atoms with Crippen molar-refractivity contribution in [3.05, 3.63) is 58.7 Å². The topological polar surface area (TPSA) is 6.48 Å². The standard InChI is InChI=1S/C19H24N2/c1-20(2)12-16-9-5-7-14-11-15-8-6-10-17(13-21(3)4)19(15)18(14)16/h5-10H,11-13H2,1-4H3. The Morgan fingerprint density at radius 3 is 1.52 bits per heavy atom. The number of hydrogen-bond donors (Lipinski definition) is 0. The summed E-state index contributed by atoms with van der Waals surface area (Å²) in [7, 11) is 8.56. The second-order valence-electron chi connectivity index (χ2n) is 6.55. The summed E-state index contributed by atoms with van der Waals surface area (Å²) in [4.78, 5) is 4.50. The zero-order valence-corrected chi connectivity index (χ0v) is 13.5. The van der Waals surface area contributed by atoms with Crippen molar-refractivity contribution in [2.24, 2.45) is 0 Å². The average Bonchev–Trinajstić information content (AvgIpc) is 2.77. The van der Waals surface area contributed by atoms with Crippen LogP contribution in [-0.2, 0) is 19.5 Å². The molecule has 2 aromatic rings. The second-order valence-corrected chi connectivity index (χ2v) is 6.55. The fourth-order valence-corrected chi connectivity index (χ4v) is 3.39. The van der Waals surface area contributed by atoms with Crippen LogP contribution in [0.5, 0.6) is 0 Å². The van der Waals surface area contributed by atoms with E-state index < -0.39 is 0 Å². The minimum absolute atomic E-state index is 0.999. The molecule has 0 N–H and O–H groups in total. The summed E-state index contributed by atoms with van der Waals surface area (Å²) in [6, 6.07) is 13.5. The Labute approximate surface area is 128 Å². The first-order valence-corrected chi connectivity index (χ1v) is 7.57. The Balaban J connectivity index is 2.15. The highest BCUT2D eigenvalue weighted by molar-refractivity contribution is 5.82. The molecule has 0 aliphatic heterocycles. The molecule has 0 bridgehead atoms. The van der Waals surface area contributed by atoms with E-state index >= 15 is 0 Å². The van der Waals surface area contributed by atoms with Crippen LogP contribution < -0.4 is 0 Å². The highest BCUT2D eigenvalue weighted by atomic mass is 15.1. The minimum atomic E-state index is 0.999. The van der Waals surface area contributed by atoms with Crippen LogP contribution in [0.2, 0.25) is 0 Å². The molecule has 0 saturated carbocycles. The summed E-state index contributed by atoms with van der Waals surface area (Å²) in [5.74, 6) is 0. The molecule has 0 atom stereocenters. The van der Waals surface area contributed by atoms with Gasteiger partial charge in [0.05, 0.1) is 0 Å². The highest BCUT2D eigenvalue weighted by Crippen LogP contribution is 2.41. The van der Waals surface area contributed by atoms with Gasteiger partial charge < -0.3 is 9.80 Å². The van der Waals surface area contributed by atoms with E-state index in [0.29, 0.717) is 0 Å². The van der Waals surface area contributed by atoms with Crippen LogP contribution in [0.3, 0.4) is 0 Å². The number of hydrogen-bond acceptors (Lipinski definition) is 2. The first-order valence-electron chi connectivity index (χ1n) is 7.57. The van der Waals surface area contributed by atoms with Gasteiger partial charge in [-0.05, 0) is 68.0 Å². The van der Waals surface area contributed by atoms with Gasteiger partial charge in [-0.15, -0.1) is 0 Å². The number of rotatable bonds is 4. The van der Waals surface area contributed by atoms with Gasteiger partial charge in [-0.2, -0.15) is 0 Å². The van der Waals surface area contributed by atoms with Gasteiger partial charge in [0.15, 0.2) is 0 Å². The summed E-state index contributed by atoms with van der Waals surface area (Å²) in [5, 5.41) is 0. The van der Waals surface area contributed by atoms with Crippen LogP contribution in [0.15, 0.2) is 36.4 Å². The van der Waals surface area contributed by atoms with Crippen molar-refractivity contribution >= 4 is 0 Å². The molecule has 0 heterocycles. The summed E-state index contributed by atoms with van der Waals surface area (Å²) in [5.41, 5.74) is 8.83. The summed E-state index contributed by atoms with van der Waals surface area (Å²) < 4.78 is 0. The lowest BCUT2D eigenvalue weighted by Crippen LogP contribution is -2.13. The average molecular weight is 280 g/mol. The van der Waals surface area contributed by atoms with Gasteiger partial charge in [-0.1, -0.05) is 36.4 Å². The van der Waals surface area contributed by atoms with E-state index in [1.54, 1.807) is 0 Å². The van der Waals surface area contributed by atoms with E-state index in [4.69, 9.17) is 0 Å². The van der Waals surface area contributed by atoms with Crippen molar-refractivity contribution in [2.75, 3.05) is 28.2 Å². The molecule has 0 saturated heterocycles. The Morgan fingerprint density at radius 2 is 1.14 bits per heavy atom. The van der Waals surface area contributed by atoms with Crippen LogP contribution in [0.25, 0.3) is 11.1 Å². The first-order chi connectivity index (χ1) is 10.1. The summed E-state index contributed by atoms with van der Waals surface area (Å²) >= 11 is 0. The van der Waals surface area contributed by atoms with Crippen molar-refractivity contribution in [3.63, 3.8) is 0 Å². The van der Waals surface area contributed by atoms with Crippen molar-refractivity contribution < 1.29 is 0 Å². The van der Waals surface area contributed by atoms with Crippen molar-refractivity contribution in [3.8, 4) is 11.1 Å². The monoisotopic (exact) mass is 280 g/mol. The van der Waals surface area contributed by atoms with Gasteiger partial charge >= 0.3 is 0 Å². The Kier molecular flexibility index (Phi) is 3.83. The van der Waals surface area contributed by atoms with Gasteiger partial charge in [0, 0.05) is 13.1 Å². The van der Waals surface area contributed by atoms with Crippen LogP contribution in [0.4, 0.5) is 0 Å². The molecule has 1 aliphatic rings. The Hall–Kier alpha value is -1.64. The van der Waals surface area contributed by atoms with Crippen LogP contribution in [0, 0.1) is 0 Å². The number of fused-ring (bicyclic) bond motifs is 3. The predicted molar refractivity (Wildman–Crippen MR) is 89.5 cm³/mol. The zero-order valence-electron chi connectivity index (χ0n) is 13.5. The van der Waals surface area contributed by atoms with Gasteiger partial charge in [0.1, 0.15) is 0 Å². The summed E-state index contributed by atoms with van der Waals surface area (Å²) in [6.07, 6.45) is 1.08. The molecule has 3 rings (SSSR count). The fraction of sp³-hybridized carbons (Fsp3) is 0.368. The first kappa shape index (κ1) is 14.3. The van der Waals surface area contributed by atoms with Gasteiger partial charge in [0.25, 0.3) is 0 Å². The van der Waals surface area contributed by atoms with Crippen molar-refractivity contribution in [2.45, 2.75) is 19.5 Å². The largest absolute Gasteiger partial charge is 0.305 e. The van der Waals surface area contributed by atoms with E-state index in [2.05, 4.69) is 74.4 Å². The lowest BCUT2D eigenvalue weighted by molar-refractivity contribution is 0.401. The number of nitrogens with zero attached hydrogens (tertiary/aromatic N) is 2. The lowest BCUT2D eigenvalue weighted by atomic mass is 9.95. The van der Waals surface area contributed by atoms with E-state index in [9.17, 15) is 0 Å². The third-order valence-electron chi connectivity index (χ3n) is 4.08. The van der Waals surface area contributed by atoms with E-state index in [1.807, 2.05) is 0 Å². The van der Waals surface area contributed by atoms with Crippen LogP contribution in [0.1, 0.15) is 22.3 Å². The molecule has 2 heteroatoms. The molecule has 21 heavy (non-hydrogen) atoms. The second kappa shape index (κ2) is 5.63. The molecule has 1 aliphatic carbocycles. The van der Waals surface area contributed by atoms with Gasteiger partial charge in [0.2, 0.25) is 0 Å². The van der Waals surface area contributed by atoms with Gasteiger partial charge in [-0.25, -0.2) is 0 Å². The quantitative estimate of drug-likeness (QED) is 0.723. The lowest BCUT2D eigenvalue weighted by Gasteiger charge is -2.18. The molecule has 0 radical (unpaired) electrons. The molecular weight excluding hydrogens is 256 g/mol. The number of benzene rings is 2. The van der Waals surface area contributed by atoms with E-state index in [1.165, 1.54) is 33.4 Å². The third kappa shape index (κ3) is 2.74. The normalized spacial score (nSPS) is 12.9. The maximum absolute atomic E-state index is 2.29. The van der Waals surface area contributed by atoms with Crippen molar-refractivity contribution in [1.29, 1.82) is 0 Å². The maximum Gasteiger partial charge on any atom is 0.0233 e. The zero-order chi connectivity index (χ0) is 15.0. The SMILES string of the molecule is CN(C)Cc1cccc2c1-c1c(cccc1CN(C)C)C2. The molecule has 2 aromatic carbocycles. The summed E-state index contributed by atoms with van der Waals surface area (Å²) in [6.45, 7) is 2.00.